The first-order valence-electron chi connectivity index (χ1n) is 12.4. The largest absolute Gasteiger partial charge is 0.497 e. The molecule has 4 rings (SSSR count). The van der Waals surface area contributed by atoms with Gasteiger partial charge in [-0.3, -0.25) is 4.90 Å². The SMILES string of the molecule is CCc1ccc(C2NC(=O)N(CCCOC(C)C)C(C)=C2c2nc(-c3cccc(OC)c3)no2)cc1. The molecule has 2 amide bonds. The first kappa shape index (κ1) is 25.4. The molecular weight excluding hydrogens is 456 g/mol. The van der Waals surface area contributed by atoms with Crippen LogP contribution in [0.3, 0.4) is 0 Å². The minimum absolute atomic E-state index is 0.149. The number of carbonyl (C=O) groups excluding carboxylic acids is 1. The second-order valence-corrected chi connectivity index (χ2v) is 9.06. The molecule has 3 aromatic rings. The van der Waals surface area contributed by atoms with E-state index in [4.69, 9.17) is 19.0 Å². The lowest BCUT2D eigenvalue weighted by Gasteiger charge is -2.35. The van der Waals surface area contributed by atoms with Gasteiger partial charge in [0.05, 0.1) is 24.8 Å². The van der Waals surface area contributed by atoms with Gasteiger partial charge in [0.1, 0.15) is 5.75 Å². The van der Waals surface area contributed by atoms with Crippen molar-refractivity contribution in [3.8, 4) is 17.1 Å². The Morgan fingerprint density at radius 1 is 1.17 bits per heavy atom. The van der Waals surface area contributed by atoms with Crippen LogP contribution in [0.1, 0.15) is 57.2 Å². The van der Waals surface area contributed by atoms with Crippen LogP contribution in [0.5, 0.6) is 5.75 Å². The number of hydrogen-bond acceptors (Lipinski definition) is 6. The predicted octanol–water partition coefficient (Wildman–Crippen LogP) is 5.62. The summed E-state index contributed by atoms with van der Waals surface area (Å²) in [4.78, 5) is 19.6. The van der Waals surface area contributed by atoms with Crippen molar-refractivity contribution in [3.63, 3.8) is 0 Å². The van der Waals surface area contributed by atoms with Gasteiger partial charge in [-0.05, 0) is 56.9 Å². The lowest BCUT2D eigenvalue weighted by atomic mass is 9.93. The number of urea groups is 1. The van der Waals surface area contributed by atoms with Gasteiger partial charge >= 0.3 is 6.03 Å². The number of nitrogens with one attached hydrogen (secondary N) is 1. The highest BCUT2D eigenvalue weighted by molar-refractivity contribution is 5.86. The summed E-state index contributed by atoms with van der Waals surface area (Å²) >= 11 is 0. The van der Waals surface area contributed by atoms with E-state index in [-0.39, 0.29) is 12.1 Å². The van der Waals surface area contributed by atoms with E-state index in [0.29, 0.717) is 37.0 Å². The van der Waals surface area contributed by atoms with Gasteiger partial charge in [0.2, 0.25) is 5.82 Å². The Morgan fingerprint density at radius 2 is 1.94 bits per heavy atom. The van der Waals surface area contributed by atoms with E-state index in [1.807, 2.05) is 57.2 Å². The number of benzene rings is 2. The number of methoxy groups -OCH3 is 1. The van der Waals surface area contributed by atoms with Crippen molar-refractivity contribution in [1.82, 2.24) is 20.4 Å². The van der Waals surface area contributed by atoms with Gasteiger partial charge in [0, 0.05) is 24.4 Å². The second kappa shape index (κ2) is 11.4. The third kappa shape index (κ3) is 5.60. The zero-order valence-electron chi connectivity index (χ0n) is 21.6. The number of aryl methyl sites for hydroxylation is 1. The Kier molecular flexibility index (Phi) is 8.05. The molecule has 0 bridgehead atoms. The van der Waals surface area contributed by atoms with Gasteiger partial charge < -0.3 is 19.3 Å². The fraction of sp³-hybridized carbons (Fsp3) is 0.393. The van der Waals surface area contributed by atoms with Gasteiger partial charge in [-0.2, -0.15) is 4.98 Å². The standard InChI is InChI=1S/C28H34N4O4/c1-6-20-11-13-21(14-12-20)25-24(19(4)32(28(33)29-25)15-8-16-35-18(2)3)27-30-26(31-36-27)22-9-7-10-23(17-22)34-5/h7,9-14,17-18,25H,6,8,15-16H2,1-5H3,(H,29,33). The number of nitrogens with zero attached hydrogens (tertiary/aromatic N) is 3. The van der Waals surface area contributed by atoms with Gasteiger partial charge in [0.15, 0.2) is 0 Å². The summed E-state index contributed by atoms with van der Waals surface area (Å²) in [5, 5.41) is 7.40. The first-order chi connectivity index (χ1) is 17.4. The maximum absolute atomic E-state index is 13.2. The average molecular weight is 491 g/mol. The molecule has 0 fully saturated rings. The van der Waals surface area contributed by atoms with Crippen molar-refractivity contribution in [2.45, 2.75) is 52.7 Å². The molecule has 8 nitrogen and oxygen atoms in total. The van der Waals surface area contributed by atoms with E-state index >= 15 is 0 Å². The van der Waals surface area contributed by atoms with Crippen LogP contribution in [0, 0.1) is 0 Å². The molecule has 0 saturated heterocycles. The zero-order chi connectivity index (χ0) is 25.7. The lowest BCUT2D eigenvalue weighted by Crippen LogP contribution is -2.46. The molecule has 1 unspecified atom stereocenters. The van der Waals surface area contributed by atoms with Crippen LogP contribution < -0.4 is 10.1 Å². The molecule has 0 aliphatic carbocycles. The first-order valence-corrected chi connectivity index (χ1v) is 12.4. The van der Waals surface area contributed by atoms with Crippen molar-refractivity contribution in [3.05, 3.63) is 71.2 Å². The van der Waals surface area contributed by atoms with Gasteiger partial charge in [-0.15, -0.1) is 0 Å². The molecule has 1 aliphatic heterocycles. The van der Waals surface area contributed by atoms with E-state index < -0.39 is 6.04 Å². The number of allylic oxidation sites excluding steroid dienone is 1. The van der Waals surface area contributed by atoms with E-state index in [0.717, 1.165) is 28.8 Å². The minimum Gasteiger partial charge on any atom is -0.497 e. The fourth-order valence-corrected chi connectivity index (χ4v) is 4.28. The van der Waals surface area contributed by atoms with Crippen LogP contribution in [-0.4, -0.2) is 47.4 Å². The number of ether oxygens (including phenoxy) is 2. The highest BCUT2D eigenvalue weighted by Gasteiger charge is 2.35. The maximum Gasteiger partial charge on any atom is 0.322 e. The van der Waals surface area contributed by atoms with Crippen LogP contribution in [-0.2, 0) is 11.2 Å². The number of aromatic nitrogens is 2. The molecule has 0 spiro atoms. The highest BCUT2D eigenvalue weighted by atomic mass is 16.5. The normalized spacial score (nSPS) is 16.0. The van der Waals surface area contributed by atoms with Crippen molar-refractivity contribution in [2.75, 3.05) is 20.3 Å². The van der Waals surface area contributed by atoms with Crippen LogP contribution >= 0.6 is 0 Å². The summed E-state index contributed by atoms with van der Waals surface area (Å²) < 4.78 is 16.8. The molecule has 2 aromatic carbocycles. The molecule has 190 valence electrons. The van der Waals surface area contributed by atoms with Crippen molar-refractivity contribution >= 4 is 11.6 Å². The molecule has 1 atom stereocenters. The summed E-state index contributed by atoms with van der Waals surface area (Å²) in [7, 11) is 1.62. The fourth-order valence-electron chi connectivity index (χ4n) is 4.28. The quantitative estimate of drug-likeness (QED) is 0.371. The summed E-state index contributed by atoms with van der Waals surface area (Å²) in [6.07, 6.45) is 1.81. The molecule has 1 aliphatic rings. The molecule has 8 heteroatoms. The average Bonchev–Trinajstić information content (AvgIpc) is 3.37. The molecule has 36 heavy (non-hydrogen) atoms. The Morgan fingerprint density at radius 3 is 2.64 bits per heavy atom. The summed E-state index contributed by atoms with van der Waals surface area (Å²) in [5.41, 5.74) is 4.54. The Hall–Kier alpha value is -3.65. The monoisotopic (exact) mass is 490 g/mol. The Balaban J connectivity index is 1.71. The molecule has 0 saturated carbocycles. The van der Waals surface area contributed by atoms with Crippen LogP contribution in [0.4, 0.5) is 4.79 Å². The minimum atomic E-state index is -0.412. The Bertz CT molecular complexity index is 1220. The number of hydrogen-bond donors (Lipinski definition) is 1. The third-order valence-electron chi connectivity index (χ3n) is 6.28. The van der Waals surface area contributed by atoms with Crippen LogP contribution in [0.25, 0.3) is 17.0 Å². The number of rotatable bonds is 10. The molecule has 2 heterocycles. The molecular formula is C28H34N4O4. The molecule has 1 N–H and O–H groups in total. The summed E-state index contributed by atoms with van der Waals surface area (Å²) in [6, 6.07) is 15.2. The smallest absolute Gasteiger partial charge is 0.322 e. The summed E-state index contributed by atoms with van der Waals surface area (Å²) in [6.45, 7) is 9.15. The van der Waals surface area contributed by atoms with E-state index in [1.165, 1.54) is 5.56 Å². The predicted molar refractivity (Wildman–Crippen MR) is 138 cm³/mol. The number of carbonyl (C=O) groups is 1. The molecule has 0 radical (unpaired) electrons. The van der Waals surface area contributed by atoms with Crippen molar-refractivity contribution in [1.29, 1.82) is 0 Å². The van der Waals surface area contributed by atoms with E-state index in [9.17, 15) is 4.79 Å². The van der Waals surface area contributed by atoms with E-state index in [1.54, 1.807) is 12.0 Å². The van der Waals surface area contributed by atoms with Crippen molar-refractivity contribution < 1.29 is 18.8 Å². The number of amides is 2. The Labute approximate surface area is 212 Å². The zero-order valence-corrected chi connectivity index (χ0v) is 21.6. The highest BCUT2D eigenvalue weighted by Crippen LogP contribution is 2.37. The summed E-state index contributed by atoms with van der Waals surface area (Å²) in [5.74, 6) is 1.54. The van der Waals surface area contributed by atoms with Crippen molar-refractivity contribution in [2.24, 2.45) is 0 Å². The van der Waals surface area contributed by atoms with Gasteiger partial charge in [0.25, 0.3) is 5.89 Å². The van der Waals surface area contributed by atoms with Gasteiger partial charge in [-0.1, -0.05) is 48.5 Å². The topological polar surface area (TPSA) is 89.7 Å². The van der Waals surface area contributed by atoms with Gasteiger partial charge in [-0.25, -0.2) is 4.79 Å². The maximum atomic E-state index is 13.2. The van der Waals surface area contributed by atoms with E-state index in [2.05, 4.69) is 29.5 Å². The van der Waals surface area contributed by atoms with Crippen LogP contribution in [0.2, 0.25) is 0 Å². The second-order valence-electron chi connectivity index (χ2n) is 9.06. The van der Waals surface area contributed by atoms with Crippen LogP contribution in [0.15, 0.2) is 58.8 Å². The lowest BCUT2D eigenvalue weighted by molar-refractivity contribution is 0.0736. The third-order valence-corrected chi connectivity index (χ3v) is 6.28. The molecule has 1 aromatic heterocycles.